The van der Waals surface area contributed by atoms with E-state index in [9.17, 15) is 19.5 Å². The van der Waals surface area contributed by atoms with Crippen LogP contribution in [-0.2, 0) is 14.3 Å². The number of likely N-dealkylation sites (tertiary alicyclic amines) is 1. The average Bonchev–Trinajstić information content (AvgIpc) is 3.44. The van der Waals surface area contributed by atoms with Gasteiger partial charge in [0.2, 0.25) is 5.91 Å². The normalized spacial score (nSPS) is 19.7. The number of carboxylic acids is 1. The molecule has 35 heavy (non-hydrogen) atoms. The van der Waals surface area contributed by atoms with E-state index < -0.39 is 17.5 Å². The van der Waals surface area contributed by atoms with Crippen LogP contribution in [0.3, 0.4) is 0 Å². The lowest BCUT2D eigenvalue weighted by Gasteiger charge is -2.24. The number of nitrogens with one attached hydrogen (secondary N) is 1. The lowest BCUT2D eigenvalue weighted by molar-refractivity contribution is -0.148. The summed E-state index contributed by atoms with van der Waals surface area (Å²) < 4.78 is 5.56. The van der Waals surface area contributed by atoms with Gasteiger partial charge in [0.25, 0.3) is 0 Å². The number of ether oxygens (including phenoxy) is 1. The zero-order valence-corrected chi connectivity index (χ0v) is 20.5. The molecule has 2 aliphatic rings. The number of carboxylic acid groups (broad SMARTS) is 1. The number of rotatable bonds is 9. The third-order valence-electron chi connectivity index (χ3n) is 7.61. The molecule has 0 radical (unpaired) electrons. The van der Waals surface area contributed by atoms with Gasteiger partial charge in [0.15, 0.2) is 0 Å². The standard InChI is InChI=1S/C28H34N2O5/c1-3-28(26(32)33)13-15-30(18-28)25(31)16-19(2)12-14-29-27(34)35-17-24-22-10-6-4-8-20(22)21-9-5-7-11-23(21)24/h4-11,19,24H,3,12-18H2,1-2H3,(H,29,34)(H,32,33). The first-order valence-corrected chi connectivity index (χ1v) is 12.4. The topological polar surface area (TPSA) is 95.9 Å². The Labute approximate surface area is 206 Å². The van der Waals surface area contributed by atoms with Gasteiger partial charge in [-0.3, -0.25) is 9.59 Å². The fourth-order valence-corrected chi connectivity index (χ4v) is 5.30. The molecule has 0 bridgehead atoms. The van der Waals surface area contributed by atoms with Crippen molar-refractivity contribution in [2.45, 2.75) is 45.4 Å². The van der Waals surface area contributed by atoms with Crippen molar-refractivity contribution in [2.24, 2.45) is 11.3 Å². The molecule has 4 rings (SSSR count). The molecule has 1 aliphatic carbocycles. The predicted molar refractivity (Wildman–Crippen MR) is 133 cm³/mol. The van der Waals surface area contributed by atoms with Crippen molar-refractivity contribution in [3.05, 3.63) is 59.7 Å². The first-order chi connectivity index (χ1) is 16.8. The maximum Gasteiger partial charge on any atom is 0.407 e. The minimum absolute atomic E-state index is 0.0183. The average molecular weight is 479 g/mol. The van der Waals surface area contributed by atoms with Crippen LogP contribution in [0.2, 0.25) is 0 Å². The first-order valence-electron chi connectivity index (χ1n) is 12.4. The molecule has 7 nitrogen and oxygen atoms in total. The van der Waals surface area contributed by atoms with Crippen molar-refractivity contribution in [3.63, 3.8) is 0 Å². The van der Waals surface area contributed by atoms with Crippen LogP contribution in [0, 0.1) is 11.3 Å². The van der Waals surface area contributed by atoms with Crippen LogP contribution >= 0.6 is 0 Å². The van der Waals surface area contributed by atoms with E-state index in [4.69, 9.17) is 4.74 Å². The summed E-state index contributed by atoms with van der Waals surface area (Å²) in [6.45, 7) is 5.29. The highest BCUT2D eigenvalue weighted by Crippen LogP contribution is 2.44. The number of fused-ring (bicyclic) bond motifs is 3. The van der Waals surface area contributed by atoms with E-state index in [1.807, 2.05) is 38.1 Å². The van der Waals surface area contributed by atoms with Gasteiger partial charge in [-0.2, -0.15) is 0 Å². The molecule has 1 fully saturated rings. The largest absolute Gasteiger partial charge is 0.481 e. The fraction of sp³-hybridized carbons (Fsp3) is 0.464. The molecule has 186 valence electrons. The van der Waals surface area contributed by atoms with E-state index in [2.05, 4.69) is 29.6 Å². The van der Waals surface area contributed by atoms with Gasteiger partial charge in [-0.25, -0.2) is 4.79 Å². The van der Waals surface area contributed by atoms with Crippen molar-refractivity contribution >= 4 is 18.0 Å². The molecule has 2 N–H and O–H groups in total. The van der Waals surface area contributed by atoms with Gasteiger partial charge in [0, 0.05) is 32.0 Å². The van der Waals surface area contributed by atoms with E-state index in [0.29, 0.717) is 38.8 Å². The monoisotopic (exact) mass is 478 g/mol. The fourth-order valence-electron chi connectivity index (χ4n) is 5.30. The molecule has 7 heteroatoms. The van der Waals surface area contributed by atoms with Crippen LogP contribution in [0.15, 0.2) is 48.5 Å². The molecule has 2 atom stereocenters. The molecule has 2 amide bonds. The van der Waals surface area contributed by atoms with E-state index in [0.717, 1.165) is 0 Å². The minimum atomic E-state index is -0.823. The first kappa shape index (κ1) is 24.8. The van der Waals surface area contributed by atoms with Crippen LogP contribution in [-0.4, -0.2) is 54.2 Å². The number of amides is 2. The number of hydrogen-bond donors (Lipinski definition) is 2. The zero-order valence-electron chi connectivity index (χ0n) is 20.5. The molecule has 0 aromatic heterocycles. The van der Waals surface area contributed by atoms with E-state index in [1.165, 1.54) is 22.3 Å². The van der Waals surface area contributed by atoms with Crippen molar-refractivity contribution in [3.8, 4) is 11.1 Å². The molecule has 2 aromatic rings. The Bertz CT molecular complexity index is 1050. The third-order valence-corrected chi connectivity index (χ3v) is 7.61. The molecule has 1 saturated heterocycles. The summed E-state index contributed by atoms with van der Waals surface area (Å²) in [6, 6.07) is 16.4. The molecule has 1 aliphatic heterocycles. The maximum absolute atomic E-state index is 12.7. The quantitative estimate of drug-likeness (QED) is 0.547. The predicted octanol–water partition coefficient (Wildman–Crippen LogP) is 4.65. The summed E-state index contributed by atoms with van der Waals surface area (Å²) in [7, 11) is 0. The van der Waals surface area contributed by atoms with Gasteiger partial charge in [-0.15, -0.1) is 0 Å². The second kappa shape index (κ2) is 10.5. The van der Waals surface area contributed by atoms with Crippen molar-refractivity contribution in [1.29, 1.82) is 0 Å². The van der Waals surface area contributed by atoms with Gasteiger partial charge in [-0.05, 0) is 47.4 Å². The Kier molecular flexibility index (Phi) is 7.43. The van der Waals surface area contributed by atoms with Crippen LogP contribution < -0.4 is 5.32 Å². The molecule has 2 aromatic carbocycles. The molecule has 0 saturated carbocycles. The van der Waals surface area contributed by atoms with Crippen LogP contribution in [0.25, 0.3) is 11.1 Å². The lowest BCUT2D eigenvalue weighted by atomic mass is 9.84. The van der Waals surface area contributed by atoms with Crippen molar-refractivity contribution in [2.75, 3.05) is 26.2 Å². The SMILES string of the molecule is CCC1(C(=O)O)CCN(C(=O)CC(C)CCNC(=O)OCC2c3ccccc3-c3ccccc32)C1. The van der Waals surface area contributed by atoms with Crippen LogP contribution in [0.1, 0.15) is 56.6 Å². The highest BCUT2D eigenvalue weighted by molar-refractivity contribution is 5.81. The van der Waals surface area contributed by atoms with Crippen molar-refractivity contribution < 1.29 is 24.2 Å². The lowest BCUT2D eigenvalue weighted by Crippen LogP contribution is -2.37. The molecule has 0 spiro atoms. The van der Waals surface area contributed by atoms with Crippen LogP contribution in [0.4, 0.5) is 4.79 Å². The summed E-state index contributed by atoms with van der Waals surface area (Å²) in [4.78, 5) is 38.3. The highest BCUT2D eigenvalue weighted by atomic mass is 16.5. The number of carbonyl (C=O) groups excluding carboxylic acids is 2. The highest BCUT2D eigenvalue weighted by Gasteiger charge is 2.44. The van der Waals surface area contributed by atoms with Gasteiger partial charge in [0.1, 0.15) is 6.61 Å². The van der Waals surface area contributed by atoms with Gasteiger partial charge in [0.05, 0.1) is 5.41 Å². The number of benzene rings is 2. The summed E-state index contributed by atoms with van der Waals surface area (Å²) in [5.41, 5.74) is 3.90. The van der Waals surface area contributed by atoms with E-state index in [-0.39, 0.29) is 30.9 Å². The summed E-state index contributed by atoms with van der Waals surface area (Å²) in [6.07, 6.45) is 1.54. The second-order valence-electron chi connectivity index (χ2n) is 9.85. The van der Waals surface area contributed by atoms with Gasteiger partial charge >= 0.3 is 12.1 Å². The van der Waals surface area contributed by atoms with Crippen molar-refractivity contribution in [1.82, 2.24) is 10.2 Å². The minimum Gasteiger partial charge on any atom is -0.481 e. The Hall–Kier alpha value is -3.35. The maximum atomic E-state index is 12.7. The Morgan fingerprint density at radius 2 is 1.74 bits per heavy atom. The summed E-state index contributed by atoms with van der Waals surface area (Å²) >= 11 is 0. The van der Waals surface area contributed by atoms with Gasteiger partial charge < -0.3 is 20.1 Å². The molecule has 1 heterocycles. The van der Waals surface area contributed by atoms with Crippen LogP contribution in [0.5, 0.6) is 0 Å². The zero-order chi connectivity index (χ0) is 25.0. The summed E-state index contributed by atoms with van der Waals surface area (Å²) in [5.74, 6) is -0.755. The second-order valence-corrected chi connectivity index (χ2v) is 9.85. The van der Waals surface area contributed by atoms with E-state index >= 15 is 0 Å². The van der Waals surface area contributed by atoms with E-state index in [1.54, 1.807) is 4.90 Å². The Balaban J connectivity index is 1.20. The number of aliphatic carboxylic acids is 1. The third kappa shape index (κ3) is 5.19. The number of nitrogens with zero attached hydrogens (tertiary/aromatic N) is 1. The molecule has 2 unspecified atom stereocenters. The molecular formula is C28H34N2O5. The number of carbonyl (C=O) groups is 3. The number of hydrogen-bond acceptors (Lipinski definition) is 4. The Morgan fingerprint density at radius 1 is 1.11 bits per heavy atom. The number of alkyl carbamates (subject to hydrolysis) is 1. The molecular weight excluding hydrogens is 444 g/mol. The smallest absolute Gasteiger partial charge is 0.407 e. The Morgan fingerprint density at radius 3 is 2.31 bits per heavy atom. The summed E-state index contributed by atoms with van der Waals surface area (Å²) in [5, 5.41) is 12.3. The van der Waals surface area contributed by atoms with Gasteiger partial charge in [-0.1, -0.05) is 62.4 Å².